The molecule has 0 aromatic heterocycles. The van der Waals surface area contributed by atoms with Gasteiger partial charge in [-0.05, 0) is 36.5 Å². The van der Waals surface area contributed by atoms with E-state index in [1.165, 1.54) is 0 Å². The Morgan fingerprint density at radius 2 is 2.12 bits per heavy atom. The molecule has 3 rings (SSSR count). The molecule has 2 saturated heterocycles. The number of hydrogen-bond donors (Lipinski definition) is 2. The Bertz CT molecular complexity index is 636. The molecule has 2 N–H and O–H groups in total. The number of rotatable bonds is 6. The summed E-state index contributed by atoms with van der Waals surface area (Å²) in [5, 5.41) is 13.2. The third-order valence-electron chi connectivity index (χ3n) is 5.18. The van der Waals surface area contributed by atoms with E-state index in [9.17, 15) is 14.7 Å². The van der Waals surface area contributed by atoms with Crippen molar-refractivity contribution in [3.8, 4) is 0 Å². The molecule has 2 atom stereocenters. The maximum absolute atomic E-state index is 12.2. The smallest absolute Gasteiger partial charge is 0.313 e. The Labute approximate surface area is 152 Å². The molecule has 1 aromatic rings. The number of halogens is 1. The quantitative estimate of drug-likeness (QED) is 0.796. The Morgan fingerprint density at radius 1 is 1.36 bits per heavy atom. The summed E-state index contributed by atoms with van der Waals surface area (Å²) < 4.78 is 5.41. The fourth-order valence-electron chi connectivity index (χ4n) is 3.77. The summed E-state index contributed by atoms with van der Waals surface area (Å²) in [6.07, 6.45) is 1.47. The van der Waals surface area contributed by atoms with Gasteiger partial charge in [-0.2, -0.15) is 0 Å². The van der Waals surface area contributed by atoms with E-state index in [2.05, 4.69) is 5.32 Å². The van der Waals surface area contributed by atoms with Gasteiger partial charge in [-0.3, -0.25) is 14.5 Å². The lowest BCUT2D eigenvalue weighted by atomic mass is 9.76. The maximum atomic E-state index is 12.2. The number of hydrogen-bond acceptors (Lipinski definition) is 4. The normalized spacial score (nSPS) is 26.2. The van der Waals surface area contributed by atoms with Crippen molar-refractivity contribution >= 4 is 23.5 Å². The maximum Gasteiger partial charge on any atom is 0.313 e. The molecule has 2 aliphatic heterocycles. The number of aliphatic carboxylic acids is 1. The standard InChI is InChI=1S/C18H23ClN2O4/c19-15-3-1-13(2-4-15)5-7-20-16(22)10-21-9-14-6-8-25-12-18(14,11-21)17(23)24/h1-4,14H,5-12H2,(H,20,22)(H,23,24)/t14-,18+/m0/s1. The molecule has 136 valence electrons. The van der Waals surface area contributed by atoms with Crippen LogP contribution in [0.15, 0.2) is 24.3 Å². The first-order valence-electron chi connectivity index (χ1n) is 8.54. The van der Waals surface area contributed by atoms with Crippen LogP contribution in [0.5, 0.6) is 0 Å². The van der Waals surface area contributed by atoms with Gasteiger partial charge in [0.25, 0.3) is 0 Å². The topological polar surface area (TPSA) is 78.9 Å². The van der Waals surface area contributed by atoms with Crippen LogP contribution in [0.1, 0.15) is 12.0 Å². The monoisotopic (exact) mass is 366 g/mol. The van der Waals surface area contributed by atoms with E-state index >= 15 is 0 Å². The van der Waals surface area contributed by atoms with Crippen LogP contribution in [0.2, 0.25) is 5.02 Å². The molecular formula is C18H23ClN2O4. The molecule has 2 fully saturated rings. The average molecular weight is 367 g/mol. The van der Waals surface area contributed by atoms with Crippen molar-refractivity contribution in [3.05, 3.63) is 34.9 Å². The van der Waals surface area contributed by atoms with Crippen molar-refractivity contribution in [2.75, 3.05) is 39.4 Å². The Balaban J connectivity index is 1.47. The van der Waals surface area contributed by atoms with Crippen LogP contribution in [0.3, 0.4) is 0 Å². The van der Waals surface area contributed by atoms with Gasteiger partial charge in [-0.1, -0.05) is 23.7 Å². The van der Waals surface area contributed by atoms with Gasteiger partial charge in [-0.25, -0.2) is 0 Å². The number of amides is 1. The summed E-state index contributed by atoms with van der Waals surface area (Å²) >= 11 is 5.85. The lowest BCUT2D eigenvalue weighted by Gasteiger charge is -2.34. The summed E-state index contributed by atoms with van der Waals surface area (Å²) in [4.78, 5) is 25.8. The van der Waals surface area contributed by atoms with Crippen molar-refractivity contribution in [1.82, 2.24) is 10.2 Å². The zero-order chi connectivity index (χ0) is 17.9. The fourth-order valence-corrected chi connectivity index (χ4v) is 3.90. The van der Waals surface area contributed by atoms with Crippen molar-refractivity contribution in [2.45, 2.75) is 12.8 Å². The highest BCUT2D eigenvalue weighted by Gasteiger charge is 2.54. The van der Waals surface area contributed by atoms with Gasteiger partial charge in [0.15, 0.2) is 0 Å². The van der Waals surface area contributed by atoms with E-state index < -0.39 is 11.4 Å². The molecule has 1 amide bonds. The molecule has 0 spiro atoms. The number of carboxylic acids is 1. The number of nitrogens with zero attached hydrogens (tertiary/aromatic N) is 1. The molecule has 2 aliphatic rings. The summed E-state index contributed by atoms with van der Waals surface area (Å²) in [6.45, 7) is 2.62. The Hall–Kier alpha value is -1.63. The highest BCUT2D eigenvalue weighted by molar-refractivity contribution is 6.30. The van der Waals surface area contributed by atoms with Crippen molar-refractivity contribution in [3.63, 3.8) is 0 Å². The summed E-state index contributed by atoms with van der Waals surface area (Å²) in [6, 6.07) is 7.54. The van der Waals surface area contributed by atoms with E-state index in [1.54, 1.807) is 0 Å². The zero-order valence-electron chi connectivity index (χ0n) is 14.0. The molecule has 25 heavy (non-hydrogen) atoms. The molecule has 2 heterocycles. The highest BCUT2D eigenvalue weighted by Crippen LogP contribution is 2.41. The van der Waals surface area contributed by atoms with Crippen molar-refractivity contribution in [2.24, 2.45) is 11.3 Å². The van der Waals surface area contributed by atoms with Crippen molar-refractivity contribution < 1.29 is 19.4 Å². The zero-order valence-corrected chi connectivity index (χ0v) is 14.8. The largest absolute Gasteiger partial charge is 0.481 e. The number of nitrogens with one attached hydrogen (secondary N) is 1. The van der Waals surface area contributed by atoms with Gasteiger partial charge in [-0.15, -0.1) is 0 Å². The molecule has 6 nitrogen and oxygen atoms in total. The SMILES string of the molecule is O=C(CN1C[C@@H]2CCOC[C@]2(C(=O)O)C1)NCCc1ccc(Cl)cc1. The van der Waals surface area contributed by atoms with E-state index in [-0.39, 0.29) is 25.0 Å². The lowest BCUT2D eigenvalue weighted by Crippen LogP contribution is -2.46. The average Bonchev–Trinajstić information content (AvgIpc) is 2.96. The van der Waals surface area contributed by atoms with E-state index in [0.717, 1.165) is 18.4 Å². The Kier molecular flexibility index (Phi) is 5.61. The fraction of sp³-hybridized carbons (Fsp3) is 0.556. The Morgan fingerprint density at radius 3 is 2.80 bits per heavy atom. The summed E-state index contributed by atoms with van der Waals surface area (Å²) in [7, 11) is 0. The first-order valence-corrected chi connectivity index (χ1v) is 8.92. The van der Waals surface area contributed by atoms with Gasteiger partial charge in [0.1, 0.15) is 5.41 Å². The van der Waals surface area contributed by atoms with Crippen LogP contribution in [-0.4, -0.2) is 61.3 Å². The predicted molar refractivity (Wildman–Crippen MR) is 93.6 cm³/mol. The van der Waals surface area contributed by atoms with E-state index in [1.807, 2.05) is 29.2 Å². The number of fused-ring (bicyclic) bond motifs is 1. The van der Waals surface area contributed by atoms with Gasteiger partial charge >= 0.3 is 5.97 Å². The first-order chi connectivity index (χ1) is 12.0. The van der Waals surface area contributed by atoms with Crippen LogP contribution in [0.4, 0.5) is 0 Å². The van der Waals surface area contributed by atoms with E-state index in [4.69, 9.17) is 16.3 Å². The molecule has 1 aromatic carbocycles. The molecule has 0 radical (unpaired) electrons. The number of carbonyl (C=O) groups is 2. The third kappa shape index (κ3) is 4.14. The van der Waals surface area contributed by atoms with Crippen LogP contribution in [0, 0.1) is 11.3 Å². The number of likely N-dealkylation sites (tertiary alicyclic amines) is 1. The van der Waals surface area contributed by atoms with Gasteiger partial charge in [0.05, 0.1) is 13.2 Å². The number of carboxylic acid groups (broad SMARTS) is 1. The molecule has 0 bridgehead atoms. The second-order valence-corrected chi connectivity index (χ2v) is 7.33. The van der Waals surface area contributed by atoms with Gasteiger partial charge in [0.2, 0.25) is 5.91 Å². The van der Waals surface area contributed by atoms with E-state index in [0.29, 0.717) is 31.3 Å². The molecular weight excluding hydrogens is 344 g/mol. The second kappa shape index (κ2) is 7.72. The van der Waals surface area contributed by atoms with Gasteiger partial charge in [0, 0.05) is 31.3 Å². The van der Waals surface area contributed by atoms with Crippen LogP contribution in [-0.2, 0) is 20.7 Å². The molecule has 7 heteroatoms. The minimum Gasteiger partial charge on any atom is -0.481 e. The van der Waals surface area contributed by atoms with Crippen LogP contribution in [0.25, 0.3) is 0 Å². The predicted octanol–water partition coefficient (Wildman–Crippen LogP) is 1.42. The lowest BCUT2D eigenvalue weighted by molar-refractivity contribution is -0.160. The number of benzene rings is 1. The molecule has 0 unspecified atom stereocenters. The summed E-state index contributed by atoms with van der Waals surface area (Å²) in [5.74, 6) is -0.836. The minimum absolute atomic E-state index is 0.0561. The highest BCUT2D eigenvalue weighted by atomic mass is 35.5. The van der Waals surface area contributed by atoms with Crippen molar-refractivity contribution in [1.29, 1.82) is 0 Å². The minimum atomic E-state index is -0.859. The van der Waals surface area contributed by atoms with Crippen LogP contribution >= 0.6 is 11.6 Å². The molecule has 0 saturated carbocycles. The third-order valence-corrected chi connectivity index (χ3v) is 5.43. The summed E-state index contributed by atoms with van der Waals surface area (Å²) in [5.41, 5.74) is 0.251. The second-order valence-electron chi connectivity index (χ2n) is 6.90. The van der Waals surface area contributed by atoms with Crippen LogP contribution < -0.4 is 5.32 Å². The number of carbonyl (C=O) groups excluding carboxylic acids is 1. The first kappa shape index (κ1) is 18.2. The molecule has 0 aliphatic carbocycles. The van der Waals surface area contributed by atoms with Gasteiger partial charge < -0.3 is 15.2 Å². The number of ether oxygens (including phenoxy) is 1.